The number of rotatable bonds is 8. The summed E-state index contributed by atoms with van der Waals surface area (Å²) < 4.78 is 11.8. The number of nitrogens with one attached hydrogen (secondary N) is 1. The largest absolute Gasteiger partial charge is 0.493 e. The summed E-state index contributed by atoms with van der Waals surface area (Å²) in [5.74, 6) is 2.67. The van der Waals surface area contributed by atoms with Gasteiger partial charge in [-0.05, 0) is 74.2 Å². The standard InChI is InChI=1S/C25H37N3O2/c1-25(2,3)17-26-24-19-10-7-9-18(19)20-15-22(29-4)23(16-21(20)27-24)30-14-8-13-28-11-5-6-12-28/h15-16H,5-14,17H2,1-4H3,(H,26,27). The fourth-order valence-electron chi connectivity index (χ4n) is 4.62. The zero-order valence-corrected chi connectivity index (χ0v) is 19.1. The topological polar surface area (TPSA) is 46.6 Å². The molecule has 1 fully saturated rings. The summed E-state index contributed by atoms with van der Waals surface area (Å²) in [6, 6.07) is 4.21. The van der Waals surface area contributed by atoms with Crippen LogP contribution in [0.2, 0.25) is 0 Å². The van der Waals surface area contributed by atoms with Crippen molar-refractivity contribution < 1.29 is 9.47 Å². The second-order valence-electron chi connectivity index (χ2n) is 9.96. The number of fused-ring (bicyclic) bond motifs is 3. The first-order chi connectivity index (χ1) is 14.4. The molecule has 1 aromatic heterocycles. The first kappa shape index (κ1) is 21.2. The Balaban J connectivity index is 1.55. The lowest BCUT2D eigenvalue weighted by atomic mass is 9.96. The summed E-state index contributed by atoms with van der Waals surface area (Å²) in [6.45, 7) is 12.0. The van der Waals surface area contributed by atoms with E-state index in [9.17, 15) is 0 Å². The maximum Gasteiger partial charge on any atom is 0.163 e. The second kappa shape index (κ2) is 9.01. The number of methoxy groups -OCH3 is 1. The number of hydrogen-bond donors (Lipinski definition) is 1. The molecule has 1 N–H and O–H groups in total. The molecule has 1 saturated heterocycles. The Morgan fingerprint density at radius 3 is 2.53 bits per heavy atom. The Labute approximate surface area is 181 Å². The quantitative estimate of drug-likeness (QED) is 0.616. The van der Waals surface area contributed by atoms with Crippen molar-refractivity contribution in [1.82, 2.24) is 9.88 Å². The number of likely N-dealkylation sites (tertiary alicyclic amines) is 1. The van der Waals surface area contributed by atoms with E-state index >= 15 is 0 Å². The van der Waals surface area contributed by atoms with Gasteiger partial charge < -0.3 is 19.7 Å². The molecule has 30 heavy (non-hydrogen) atoms. The van der Waals surface area contributed by atoms with Crippen molar-refractivity contribution in [3.8, 4) is 11.5 Å². The number of ether oxygens (including phenoxy) is 2. The van der Waals surface area contributed by atoms with Gasteiger partial charge >= 0.3 is 0 Å². The highest BCUT2D eigenvalue weighted by atomic mass is 16.5. The predicted octanol–water partition coefficient (Wildman–Crippen LogP) is 5.05. The molecule has 5 heteroatoms. The third-order valence-electron chi connectivity index (χ3n) is 6.20. The molecule has 0 amide bonds. The SMILES string of the molecule is COc1cc2c3c(c(NCC(C)(C)C)nc2cc1OCCCN1CCCC1)CCC3. The average Bonchev–Trinajstić information content (AvgIpc) is 3.40. The minimum absolute atomic E-state index is 0.214. The van der Waals surface area contributed by atoms with Crippen LogP contribution in [0, 0.1) is 5.41 Å². The van der Waals surface area contributed by atoms with Crippen molar-refractivity contribution in [2.24, 2.45) is 5.41 Å². The zero-order chi connectivity index (χ0) is 21.1. The van der Waals surface area contributed by atoms with Crippen molar-refractivity contribution in [2.75, 3.05) is 45.2 Å². The normalized spacial score (nSPS) is 16.8. The number of benzene rings is 1. The number of hydrogen-bond acceptors (Lipinski definition) is 5. The van der Waals surface area contributed by atoms with Crippen LogP contribution in [-0.2, 0) is 12.8 Å². The van der Waals surface area contributed by atoms with Gasteiger partial charge in [0.25, 0.3) is 0 Å². The molecule has 0 unspecified atom stereocenters. The molecule has 0 radical (unpaired) electrons. The van der Waals surface area contributed by atoms with E-state index in [1.807, 2.05) is 0 Å². The van der Waals surface area contributed by atoms with Gasteiger partial charge in [-0.1, -0.05) is 20.8 Å². The molecule has 1 aliphatic carbocycles. The van der Waals surface area contributed by atoms with Crippen LogP contribution in [0.1, 0.15) is 57.6 Å². The van der Waals surface area contributed by atoms with E-state index < -0.39 is 0 Å². The van der Waals surface area contributed by atoms with Crippen LogP contribution in [-0.4, -0.2) is 49.8 Å². The highest BCUT2D eigenvalue weighted by Crippen LogP contribution is 2.39. The Kier molecular flexibility index (Phi) is 6.37. The molecule has 0 saturated carbocycles. The number of nitrogens with zero attached hydrogens (tertiary/aromatic N) is 2. The highest BCUT2D eigenvalue weighted by Gasteiger charge is 2.22. The first-order valence-electron chi connectivity index (χ1n) is 11.6. The van der Waals surface area contributed by atoms with Gasteiger partial charge in [0.05, 0.1) is 19.2 Å². The Morgan fingerprint density at radius 1 is 1.03 bits per heavy atom. The van der Waals surface area contributed by atoms with Crippen molar-refractivity contribution in [3.63, 3.8) is 0 Å². The van der Waals surface area contributed by atoms with Crippen LogP contribution in [0.3, 0.4) is 0 Å². The van der Waals surface area contributed by atoms with Gasteiger partial charge in [0, 0.05) is 24.5 Å². The minimum atomic E-state index is 0.214. The lowest BCUT2D eigenvalue weighted by Gasteiger charge is -2.21. The summed E-state index contributed by atoms with van der Waals surface area (Å²) in [5, 5.41) is 4.83. The fourth-order valence-corrected chi connectivity index (χ4v) is 4.62. The van der Waals surface area contributed by atoms with Crippen LogP contribution in [0.4, 0.5) is 5.82 Å². The Hall–Kier alpha value is -2.01. The first-order valence-corrected chi connectivity index (χ1v) is 11.6. The van der Waals surface area contributed by atoms with Crippen molar-refractivity contribution in [1.29, 1.82) is 0 Å². The number of anilines is 1. The van der Waals surface area contributed by atoms with Crippen molar-refractivity contribution in [2.45, 2.75) is 59.3 Å². The van der Waals surface area contributed by atoms with Crippen LogP contribution >= 0.6 is 0 Å². The molecule has 2 aromatic rings. The van der Waals surface area contributed by atoms with E-state index in [0.717, 1.165) is 55.2 Å². The lowest BCUT2D eigenvalue weighted by Crippen LogP contribution is -2.22. The third-order valence-corrected chi connectivity index (χ3v) is 6.20. The van der Waals surface area contributed by atoms with E-state index in [0.29, 0.717) is 6.61 Å². The zero-order valence-electron chi connectivity index (χ0n) is 19.1. The molecule has 2 heterocycles. The Morgan fingerprint density at radius 2 is 1.80 bits per heavy atom. The maximum atomic E-state index is 6.16. The summed E-state index contributed by atoms with van der Waals surface area (Å²) in [7, 11) is 1.73. The molecule has 5 nitrogen and oxygen atoms in total. The number of pyridine rings is 1. The third kappa shape index (κ3) is 4.83. The van der Waals surface area contributed by atoms with Gasteiger partial charge in [0.2, 0.25) is 0 Å². The summed E-state index contributed by atoms with van der Waals surface area (Å²) in [6.07, 6.45) is 7.11. The molecule has 2 aliphatic rings. The summed E-state index contributed by atoms with van der Waals surface area (Å²) in [5.41, 5.74) is 4.02. The lowest BCUT2D eigenvalue weighted by molar-refractivity contribution is 0.254. The average molecular weight is 412 g/mol. The molecule has 0 bridgehead atoms. The molecule has 1 aliphatic heterocycles. The van der Waals surface area contributed by atoms with Crippen molar-refractivity contribution in [3.05, 3.63) is 23.3 Å². The summed E-state index contributed by atoms with van der Waals surface area (Å²) in [4.78, 5) is 7.55. The molecule has 164 valence electrons. The molecular weight excluding hydrogens is 374 g/mol. The van der Waals surface area contributed by atoms with Gasteiger partial charge in [0.15, 0.2) is 11.5 Å². The van der Waals surface area contributed by atoms with Gasteiger partial charge in [0.1, 0.15) is 5.82 Å². The van der Waals surface area contributed by atoms with Crippen LogP contribution in [0.15, 0.2) is 12.1 Å². The van der Waals surface area contributed by atoms with Crippen LogP contribution < -0.4 is 14.8 Å². The minimum Gasteiger partial charge on any atom is -0.493 e. The number of aryl methyl sites for hydroxylation is 1. The van der Waals surface area contributed by atoms with Gasteiger partial charge in [-0.15, -0.1) is 0 Å². The molecule has 0 atom stereocenters. The maximum absolute atomic E-state index is 6.16. The van der Waals surface area contributed by atoms with Gasteiger partial charge in [-0.3, -0.25) is 0 Å². The molecule has 0 spiro atoms. The Bertz CT molecular complexity index is 882. The number of aromatic nitrogens is 1. The summed E-state index contributed by atoms with van der Waals surface area (Å²) >= 11 is 0. The predicted molar refractivity (Wildman–Crippen MR) is 124 cm³/mol. The monoisotopic (exact) mass is 411 g/mol. The smallest absolute Gasteiger partial charge is 0.163 e. The van der Waals surface area contributed by atoms with Gasteiger partial charge in [-0.2, -0.15) is 0 Å². The van der Waals surface area contributed by atoms with Crippen LogP contribution in [0.5, 0.6) is 11.5 Å². The van der Waals surface area contributed by atoms with E-state index in [2.05, 4.69) is 43.1 Å². The highest BCUT2D eigenvalue weighted by molar-refractivity contribution is 5.89. The van der Waals surface area contributed by atoms with E-state index in [-0.39, 0.29) is 5.41 Å². The van der Waals surface area contributed by atoms with E-state index in [1.165, 1.54) is 48.9 Å². The fraction of sp³-hybridized carbons (Fsp3) is 0.640. The molecule has 4 rings (SSSR count). The van der Waals surface area contributed by atoms with E-state index in [1.54, 1.807) is 7.11 Å². The molecule has 1 aromatic carbocycles. The second-order valence-corrected chi connectivity index (χ2v) is 9.96. The molecular formula is C25H37N3O2. The van der Waals surface area contributed by atoms with Crippen molar-refractivity contribution >= 4 is 16.7 Å². The van der Waals surface area contributed by atoms with E-state index in [4.69, 9.17) is 14.5 Å². The van der Waals surface area contributed by atoms with Crippen LogP contribution in [0.25, 0.3) is 10.9 Å². The van der Waals surface area contributed by atoms with Gasteiger partial charge in [-0.25, -0.2) is 4.98 Å².